The van der Waals surface area contributed by atoms with Gasteiger partial charge in [-0.15, -0.1) is 0 Å². The number of amides is 1. The highest BCUT2D eigenvalue weighted by Crippen LogP contribution is 2.16. The number of likely N-dealkylation sites (N-methyl/N-ethyl adjacent to an activating group) is 1. The third-order valence-electron chi connectivity index (χ3n) is 2.15. The quantitative estimate of drug-likeness (QED) is 0.922. The fraction of sp³-hybridized carbons (Fsp3) is 0.364. The fourth-order valence-electron chi connectivity index (χ4n) is 1.38. The van der Waals surface area contributed by atoms with Crippen molar-refractivity contribution in [2.45, 2.75) is 6.92 Å². The summed E-state index contributed by atoms with van der Waals surface area (Å²) in [6.07, 6.45) is 0. The molecular formula is C11H13BrFNO2. The first-order valence-electron chi connectivity index (χ1n) is 4.94. The van der Waals surface area contributed by atoms with Gasteiger partial charge in [0.2, 0.25) is 0 Å². The van der Waals surface area contributed by atoms with Crippen molar-refractivity contribution in [2.75, 3.05) is 19.7 Å². The van der Waals surface area contributed by atoms with Crippen LogP contribution in [-0.4, -0.2) is 35.6 Å². The number of halogens is 2. The first-order valence-corrected chi connectivity index (χ1v) is 5.74. The van der Waals surface area contributed by atoms with E-state index in [1.54, 1.807) is 6.07 Å². The average Bonchev–Trinajstić information content (AvgIpc) is 2.23. The van der Waals surface area contributed by atoms with Gasteiger partial charge in [0, 0.05) is 23.1 Å². The highest BCUT2D eigenvalue weighted by atomic mass is 79.9. The molecule has 0 aliphatic rings. The zero-order valence-electron chi connectivity index (χ0n) is 8.91. The molecule has 0 unspecified atom stereocenters. The van der Waals surface area contributed by atoms with E-state index >= 15 is 0 Å². The van der Waals surface area contributed by atoms with E-state index in [-0.39, 0.29) is 24.6 Å². The van der Waals surface area contributed by atoms with Crippen LogP contribution in [0.3, 0.4) is 0 Å². The molecule has 16 heavy (non-hydrogen) atoms. The predicted octanol–water partition coefficient (Wildman–Crippen LogP) is 2.04. The van der Waals surface area contributed by atoms with Gasteiger partial charge in [0.15, 0.2) is 0 Å². The van der Waals surface area contributed by atoms with E-state index in [4.69, 9.17) is 5.11 Å². The van der Waals surface area contributed by atoms with Crippen LogP contribution in [0.4, 0.5) is 4.39 Å². The molecule has 1 amide bonds. The van der Waals surface area contributed by atoms with E-state index in [1.165, 1.54) is 17.0 Å². The molecule has 1 aromatic rings. The molecule has 3 nitrogen and oxygen atoms in total. The molecule has 0 bridgehead atoms. The van der Waals surface area contributed by atoms with Gasteiger partial charge < -0.3 is 10.0 Å². The van der Waals surface area contributed by atoms with E-state index < -0.39 is 5.82 Å². The van der Waals surface area contributed by atoms with Crippen molar-refractivity contribution in [1.29, 1.82) is 0 Å². The summed E-state index contributed by atoms with van der Waals surface area (Å²) in [5, 5.41) is 8.80. The minimum atomic E-state index is -0.460. The number of rotatable bonds is 4. The molecular weight excluding hydrogens is 277 g/mol. The van der Waals surface area contributed by atoms with Crippen molar-refractivity contribution in [3.05, 3.63) is 34.1 Å². The van der Waals surface area contributed by atoms with Gasteiger partial charge in [0.25, 0.3) is 5.91 Å². The summed E-state index contributed by atoms with van der Waals surface area (Å²) in [5.74, 6) is -0.741. The summed E-state index contributed by atoms with van der Waals surface area (Å²) >= 11 is 3.13. The van der Waals surface area contributed by atoms with Crippen LogP contribution >= 0.6 is 15.9 Å². The lowest BCUT2D eigenvalue weighted by molar-refractivity contribution is 0.0731. The van der Waals surface area contributed by atoms with Crippen LogP contribution in [0.1, 0.15) is 17.3 Å². The molecule has 0 aliphatic carbocycles. The topological polar surface area (TPSA) is 40.5 Å². The molecule has 1 N–H and O–H groups in total. The molecule has 5 heteroatoms. The van der Waals surface area contributed by atoms with Gasteiger partial charge in [0.1, 0.15) is 5.82 Å². The van der Waals surface area contributed by atoms with Gasteiger partial charge in [-0.1, -0.05) is 15.9 Å². The fourth-order valence-corrected chi connectivity index (χ4v) is 1.85. The van der Waals surface area contributed by atoms with E-state index in [1.807, 2.05) is 6.92 Å². The summed E-state index contributed by atoms with van der Waals surface area (Å²) in [6, 6.07) is 4.04. The van der Waals surface area contributed by atoms with Crippen molar-refractivity contribution in [1.82, 2.24) is 4.90 Å². The average molecular weight is 290 g/mol. The summed E-state index contributed by atoms with van der Waals surface area (Å²) < 4.78 is 13.6. The standard InChI is InChI=1S/C11H13BrFNO2/c1-2-14(3-4-15)11(16)8-5-9(12)7-10(13)6-8/h5-7,15H,2-4H2,1H3. The summed E-state index contributed by atoms with van der Waals surface area (Å²) in [5.41, 5.74) is 0.280. The molecule has 0 aliphatic heterocycles. The van der Waals surface area contributed by atoms with Crippen molar-refractivity contribution in [3.8, 4) is 0 Å². The SMILES string of the molecule is CCN(CCO)C(=O)c1cc(F)cc(Br)c1. The van der Waals surface area contributed by atoms with Crippen molar-refractivity contribution >= 4 is 21.8 Å². The zero-order valence-corrected chi connectivity index (χ0v) is 10.5. The van der Waals surface area contributed by atoms with Crippen LogP contribution in [0.2, 0.25) is 0 Å². The molecule has 0 saturated carbocycles. The predicted molar refractivity (Wildman–Crippen MR) is 62.8 cm³/mol. The maximum absolute atomic E-state index is 13.1. The molecule has 0 aromatic heterocycles. The Morgan fingerprint density at radius 2 is 2.19 bits per heavy atom. The molecule has 1 rings (SSSR count). The zero-order chi connectivity index (χ0) is 12.1. The van der Waals surface area contributed by atoms with Gasteiger partial charge in [-0.05, 0) is 25.1 Å². The van der Waals surface area contributed by atoms with E-state index in [9.17, 15) is 9.18 Å². The lowest BCUT2D eigenvalue weighted by atomic mass is 10.2. The largest absolute Gasteiger partial charge is 0.395 e. The Morgan fingerprint density at radius 3 is 2.69 bits per heavy atom. The van der Waals surface area contributed by atoms with Gasteiger partial charge in [-0.25, -0.2) is 4.39 Å². The van der Waals surface area contributed by atoms with Crippen LogP contribution in [0.25, 0.3) is 0 Å². The Hall–Kier alpha value is -0.940. The number of aliphatic hydroxyl groups is 1. The van der Waals surface area contributed by atoms with Crippen LogP contribution in [0.5, 0.6) is 0 Å². The lowest BCUT2D eigenvalue weighted by Crippen LogP contribution is -2.33. The van der Waals surface area contributed by atoms with Crippen LogP contribution in [-0.2, 0) is 0 Å². The lowest BCUT2D eigenvalue weighted by Gasteiger charge is -2.19. The molecule has 0 heterocycles. The van der Waals surface area contributed by atoms with E-state index in [0.29, 0.717) is 11.0 Å². The molecule has 0 atom stereocenters. The third kappa shape index (κ3) is 3.28. The van der Waals surface area contributed by atoms with Crippen molar-refractivity contribution < 1.29 is 14.3 Å². The molecule has 0 fully saturated rings. The number of nitrogens with zero attached hydrogens (tertiary/aromatic N) is 1. The van der Waals surface area contributed by atoms with E-state index in [2.05, 4.69) is 15.9 Å². The summed E-state index contributed by atoms with van der Waals surface area (Å²) in [7, 11) is 0. The second-order valence-electron chi connectivity index (χ2n) is 3.27. The van der Waals surface area contributed by atoms with Crippen LogP contribution in [0.15, 0.2) is 22.7 Å². The number of carbonyl (C=O) groups is 1. The van der Waals surface area contributed by atoms with Crippen LogP contribution < -0.4 is 0 Å². The molecule has 88 valence electrons. The number of carbonyl (C=O) groups excluding carboxylic acids is 1. The Morgan fingerprint density at radius 1 is 1.50 bits per heavy atom. The Labute approximate surface area is 102 Å². The number of benzene rings is 1. The second-order valence-corrected chi connectivity index (χ2v) is 4.18. The van der Waals surface area contributed by atoms with Gasteiger partial charge >= 0.3 is 0 Å². The Kier molecular flexibility index (Phi) is 4.89. The Bertz CT molecular complexity index is 364. The molecule has 1 aromatic carbocycles. The normalized spacial score (nSPS) is 10.2. The smallest absolute Gasteiger partial charge is 0.254 e. The molecule has 0 spiro atoms. The van der Waals surface area contributed by atoms with Crippen molar-refractivity contribution in [3.63, 3.8) is 0 Å². The molecule has 0 saturated heterocycles. The molecule has 0 radical (unpaired) electrons. The number of aliphatic hydroxyl groups excluding tert-OH is 1. The van der Waals surface area contributed by atoms with E-state index in [0.717, 1.165) is 0 Å². The van der Waals surface area contributed by atoms with Gasteiger partial charge in [0.05, 0.1) is 6.61 Å². The Balaban J connectivity index is 2.94. The van der Waals surface area contributed by atoms with Gasteiger partial charge in [-0.3, -0.25) is 4.79 Å². The second kappa shape index (κ2) is 5.96. The first kappa shape index (κ1) is 13.1. The minimum absolute atomic E-state index is 0.101. The monoisotopic (exact) mass is 289 g/mol. The van der Waals surface area contributed by atoms with Crippen LogP contribution in [0, 0.1) is 5.82 Å². The third-order valence-corrected chi connectivity index (χ3v) is 2.61. The van der Waals surface area contributed by atoms with Crippen molar-refractivity contribution in [2.24, 2.45) is 0 Å². The maximum atomic E-state index is 13.1. The number of hydrogen-bond donors (Lipinski definition) is 1. The first-order chi connectivity index (χ1) is 7.58. The van der Waals surface area contributed by atoms with Gasteiger partial charge in [-0.2, -0.15) is 0 Å². The highest BCUT2D eigenvalue weighted by molar-refractivity contribution is 9.10. The highest BCUT2D eigenvalue weighted by Gasteiger charge is 2.14. The summed E-state index contributed by atoms with van der Waals surface area (Å²) in [6.45, 7) is 2.44. The maximum Gasteiger partial charge on any atom is 0.254 e. The minimum Gasteiger partial charge on any atom is -0.395 e. The summed E-state index contributed by atoms with van der Waals surface area (Å²) in [4.78, 5) is 13.4. The number of hydrogen-bond acceptors (Lipinski definition) is 2.